The summed E-state index contributed by atoms with van der Waals surface area (Å²) in [5.74, 6) is 0.0562. The Kier molecular flexibility index (Phi) is 4.98. The third-order valence-corrected chi connectivity index (χ3v) is 3.35. The molecule has 0 atom stereocenters. The maximum atomic E-state index is 12.7. The van der Waals surface area contributed by atoms with Crippen molar-refractivity contribution in [3.05, 3.63) is 24.3 Å². The lowest BCUT2D eigenvalue weighted by Crippen LogP contribution is -2.38. The van der Waals surface area contributed by atoms with E-state index in [0.717, 1.165) is 25.7 Å². The molecular formula is C15H20F2N2O2. The molecule has 4 nitrogen and oxygen atoms in total. The van der Waals surface area contributed by atoms with Crippen molar-refractivity contribution < 1.29 is 18.3 Å². The quantitative estimate of drug-likeness (QED) is 0.878. The number of amides is 2. The number of carbonyl (C=O) groups is 1. The van der Waals surface area contributed by atoms with Crippen LogP contribution in [0.15, 0.2) is 24.3 Å². The SMILES string of the molecule is CC(F)(F)Oc1ccc(NC(=O)NC2CCCCC2)cc1. The lowest BCUT2D eigenvalue weighted by atomic mass is 9.96. The Hall–Kier alpha value is -1.85. The minimum absolute atomic E-state index is 0.0562. The molecule has 1 aliphatic rings. The highest BCUT2D eigenvalue weighted by atomic mass is 19.3. The fraction of sp³-hybridized carbons (Fsp3) is 0.533. The highest BCUT2D eigenvalue weighted by Crippen LogP contribution is 2.22. The molecule has 0 saturated heterocycles. The molecule has 0 aliphatic heterocycles. The third kappa shape index (κ3) is 5.57. The van der Waals surface area contributed by atoms with Crippen LogP contribution in [-0.4, -0.2) is 18.2 Å². The van der Waals surface area contributed by atoms with Crippen LogP contribution in [0, 0.1) is 0 Å². The maximum absolute atomic E-state index is 12.7. The van der Waals surface area contributed by atoms with Crippen LogP contribution in [0.25, 0.3) is 0 Å². The number of benzene rings is 1. The number of halogens is 2. The van der Waals surface area contributed by atoms with Crippen molar-refractivity contribution in [3.8, 4) is 5.75 Å². The summed E-state index contributed by atoms with van der Waals surface area (Å²) in [6.07, 6.45) is 2.30. The summed E-state index contributed by atoms with van der Waals surface area (Å²) in [5, 5.41) is 5.61. The summed E-state index contributed by atoms with van der Waals surface area (Å²) < 4.78 is 29.8. The van der Waals surface area contributed by atoms with Crippen molar-refractivity contribution in [1.82, 2.24) is 5.32 Å². The summed E-state index contributed by atoms with van der Waals surface area (Å²) >= 11 is 0. The zero-order valence-electron chi connectivity index (χ0n) is 12.0. The normalized spacial score (nSPS) is 16.3. The van der Waals surface area contributed by atoms with Gasteiger partial charge < -0.3 is 15.4 Å². The van der Waals surface area contributed by atoms with Gasteiger partial charge in [-0.25, -0.2) is 4.79 Å². The van der Waals surface area contributed by atoms with Crippen molar-refractivity contribution in [2.24, 2.45) is 0 Å². The van der Waals surface area contributed by atoms with Crippen molar-refractivity contribution in [2.45, 2.75) is 51.2 Å². The Morgan fingerprint density at radius 1 is 1.19 bits per heavy atom. The van der Waals surface area contributed by atoms with E-state index in [1.807, 2.05) is 0 Å². The highest BCUT2D eigenvalue weighted by Gasteiger charge is 2.23. The van der Waals surface area contributed by atoms with Crippen molar-refractivity contribution in [2.75, 3.05) is 5.32 Å². The second kappa shape index (κ2) is 6.74. The maximum Gasteiger partial charge on any atom is 0.394 e. The summed E-state index contributed by atoms with van der Waals surface area (Å²) in [6.45, 7) is 0.677. The standard InChI is InChI=1S/C15H20F2N2O2/c1-15(16,17)21-13-9-7-12(8-10-13)19-14(20)18-11-5-3-2-4-6-11/h7-11H,2-6H2,1H3,(H2,18,19,20). The molecule has 0 unspecified atom stereocenters. The molecule has 0 bridgehead atoms. The van der Waals surface area contributed by atoms with E-state index in [1.54, 1.807) is 0 Å². The van der Waals surface area contributed by atoms with E-state index in [1.165, 1.54) is 30.7 Å². The zero-order chi connectivity index (χ0) is 15.3. The van der Waals surface area contributed by atoms with E-state index in [4.69, 9.17) is 0 Å². The summed E-state index contributed by atoms with van der Waals surface area (Å²) in [5.41, 5.74) is 0.537. The monoisotopic (exact) mass is 298 g/mol. The number of hydrogen-bond donors (Lipinski definition) is 2. The highest BCUT2D eigenvalue weighted by molar-refractivity contribution is 5.89. The fourth-order valence-corrected chi connectivity index (χ4v) is 2.41. The molecule has 2 N–H and O–H groups in total. The number of hydrogen-bond acceptors (Lipinski definition) is 2. The van der Waals surface area contributed by atoms with Gasteiger partial charge in [0.1, 0.15) is 5.75 Å². The number of nitrogens with one attached hydrogen (secondary N) is 2. The Balaban J connectivity index is 1.83. The van der Waals surface area contributed by atoms with Crippen LogP contribution in [0.1, 0.15) is 39.0 Å². The van der Waals surface area contributed by atoms with Gasteiger partial charge >= 0.3 is 12.1 Å². The topological polar surface area (TPSA) is 50.4 Å². The van der Waals surface area contributed by atoms with Crippen molar-refractivity contribution in [3.63, 3.8) is 0 Å². The van der Waals surface area contributed by atoms with E-state index < -0.39 is 6.11 Å². The van der Waals surface area contributed by atoms with Crippen molar-refractivity contribution >= 4 is 11.7 Å². The second-order valence-corrected chi connectivity index (χ2v) is 5.37. The molecule has 0 spiro atoms. The van der Waals surface area contributed by atoms with E-state index in [0.29, 0.717) is 12.6 Å². The minimum Gasteiger partial charge on any atom is -0.433 e. The molecule has 1 aliphatic carbocycles. The number of alkyl halides is 2. The van der Waals surface area contributed by atoms with E-state index in [-0.39, 0.29) is 17.8 Å². The molecule has 0 radical (unpaired) electrons. The second-order valence-electron chi connectivity index (χ2n) is 5.37. The predicted octanol–water partition coefficient (Wildman–Crippen LogP) is 4.13. The van der Waals surface area contributed by atoms with Gasteiger partial charge in [-0.1, -0.05) is 19.3 Å². The van der Waals surface area contributed by atoms with Gasteiger partial charge in [0.05, 0.1) is 0 Å². The van der Waals surface area contributed by atoms with Crippen LogP contribution in [-0.2, 0) is 0 Å². The van der Waals surface area contributed by atoms with Crippen LogP contribution in [0.5, 0.6) is 5.75 Å². The summed E-state index contributed by atoms with van der Waals surface area (Å²) in [6, 6.07) is 5.81. The largest absolute Gasteiger partial charge is 0.433 e. The first kappa shape index (κ1) is 15.5. The lowest BCUT2D eigenvalue weighted by Gasteiger charge is -2.22. The Morgan fingerprint density at radius 2 is 1.81 bits per heavy atom. The summed E-state index contributed by atoms with van der Waals surface area (Å²) in [7, 11) is 0. The molecule has 0 aromatic heterocycles. The Morgan fingerprint density at radius 3 is 2.38 bits per heavy atom. The van der Waals surface area contributed by atoms with Gasteiger partial charge in [0.2, 0.25) is 0 Å². The van der Waals surface area contributed by atoms with Gasteiger partial charge in [0.25, 0.3) is 0 Å². The van der Waals surface area contributed by atoms with Crippen LogP contribution in [0.2, 0.25) is 0 Å². The number of urea groups is 1. The van der Waals surface area contributed by atoms with E-state index >= 15 is 0 Å². The number of ether oxygens (including phenoxy) is 1. The smallest absolute Gasteiger partial charge is 0.394 e. The molecular weight excluding hydrogens is 278 g/mol. The van der Waals surface area contributed by atoms with Gasteiger partial charge in [0.15, 0.2) is 0 Å². The van der Waals surface area contributed by atoms with Crippen LogP contribution in [0.3, 0.4) is 0 Å². The van der Waals surface area contributed by atoms with Gasteiger partial charge in [-0.3, -0.25) is 0 Å². The molecule has 2 amide bonds. The van der Waals surface area contributed by atoms with E-state index in [2.05, 4.69) is 15.4 Å². The van der Waals surface area contributed by atoms with Crippen LogP contribution < -0.4 is 15.4 Å². The zero-order valence-corrected chi connectivity index (χ0v) is 12.0. The minimum atomic E-state index is -3.21. The lowest BCUT2D eigenvalue weighted by molar-refractivity contribution is -0.158. The first-order valence-corrected chi connectivity index (χ1v) is 7.17. The fourth-order valence-electron chi connectivity index (χ4n) is 2.41. The van der Waals surface area contributed by atoms with Gasteiger partial charge in [-0.05, 0) is 37.1 Å². The predicted molar refractivity (Wildman–Crippen MR) is 76.7 cm³/mol. The molecule has 1 saturated carbocycles. The van der Waals surface area contributed by atoms with Crippen molar-refractivity contribution in [1.29, 1.82) is 0 Å². The average Bonchev–Trinajstić information content (AvgIpc) is 2.40. The molecule has 116 valence electrons. The number of rotatable bonds is 4. The van der Waals surface area contributed by atoms with Crippen LogP contribution >= 0.6 is 0 Å². The first-order chi connectivity index (χ1) is 9.92. The van der Waals surface area contributed by atoms with Crippen LogP contribution in [0.4, 0.5) is 19.3 Å². The molecule has 6 heteroatoms. The molecule has 1 aromatic carbocycles. The molecule has 21 heavy (non-hydrogen) atoms. The Labute approximate surface area is 122 Å². The summed E-state index contributed by atoms with van der Waals surface area (Å²) in [4.78, 5) is 11.8. The Bertz CT molecular complexity index is 466. The number of carbonyl (C=O) groups excluding carboxylic acids is 1. The van der Waals surface area contributed by atoms with Gasteiger partial charge in [-0.2, -0.15) is 8.78 Å². The molecule has 1 fully saturated rings. The van der Waals surface area contributed by atoms with E-state index in [9.17, 15) is 13.6 Å². The van der Waals surface area contributed by atoms with Gasteiger partial charge in [-0.15, -0.1) is 0 Å². The van der Waals surface area contributed by atoms with Gasteiger partial charge in [0, 0.05) is 18.7 Å². The average molecular weight is 298 g/mol. The third-order valence-electron chi connectivity index (χ3n) is 3.35. The molecule has 2 rings (SSSR count). The first-order valence-electron chi connectivity index (χ1n) is 7.17. The molecule has 0 heterocycles. The molecule has 1 aromatic rings. The number of anilines is 1.